The maximum absolute atomic E-state index is 11.2. The van der Waals surface area contributed by atoms with Gasteiger partial charge in [-0.3, -0.25) is 0 Å². The van der Waals surface area contributed by atoms with Crippen LogP contribution in [0.4, 0.5) is 0 Å². The van der Waals surface area contributed by atoms with Crippen LogP contribution in [-0.2, 0) is 10.2 Å². The monoisotopic (exact) mass is 193 g/mol. The van der Waals surface area contributed by atoms with Crippen LogP contribution in [0, 0.1) is 0 Å². The fourth-order valence-corrected chi connectivity index (χ4v) is 2.41. The molecule has 0 spiro atoms. The first-order valence-electron chi connectivity index (χ1n) is 4.06. The summed E-state index contributed by atoms with van der Waals surface area (Å²) >= 11 is 0. The molecule has 1 rings (SSSR count). The van der Waals surface area contributed by atoms with Crippen molar-refractivity contribution < 1.29 is 8.42 Å². The van der Waals surface area contributed by atoms with Crippen molar-refractivity contribution in [2.75, 3.05) is 33.2 Å². The van der Waals surface area contributed by atoms with Gasteiger partial charge in [-0.15, -0.1) is 0 Å². The summed E-state index contributed by atoms with van der Waals surface area (Å²) in [5, 5.41) is 2.98. The second-order valence-corrected chi connectivity index (χ2v) is 4.51. The molecular formula is C6H15N3O2S. The molecule has 0 saturated carbocycles. The third kappa shape index (κ3) is 2.41. The Labute approximate surface area is 73.3 Å². The van der Waals surface area contributed by atoms with Gasteiger partial charge in [0, 0.05) is 19.6 Å². The van der Waals surface area contributed by atoms with E-state index < -0.39 is 10.2 Å². The van der Waals surface area contributed by atoms with E-state index in [4.69, 9.17) is 0 Å². The Hall–Kier alpha value is -0.170. The Bertz CT molecular complexity index is 227. The molecule has 0 aromatic heterocycles. The van der Waals surface area contributed by atoms with E-state index in [9.17, 15) is 8.42 Å². The van der Waals surface area contributed by atoms with Crippen LogP contribution >= 0.6 is 0 Å². The number of nitrogens with zero attached hydrogens (tertiary/aromatic N) is 1. The summed E-state index contributed by atoms with van der Waals surface area (Å²) in [6.45, 7) is 2.61. The molecule has 6 heteroatoms. The lowest BCUT2D eigenvalue weighted by Gasteiger charge is -2.12. The smallest absolute Gasteiger partial charge is 0.279 e. The van der Waals surface area contributed by atoms with E-state index in [0.717, 1.165) is 13.0 Å². The minimum absolute atomic E-state index is 0.544. The first-order valence-corrected chi connectivity index (χ1v) is 5.50. The van der Waals surface area contributed by atoms with Crippen LogP contribution in [0.25, 0.3) is 0 Å². The molecule has 0 bridgehead atoms. The van der Waals surface area contributed by atoms with Crippen LogP contribution in [0.15, 0.2) is 0 Å². The summed E-state index contributed by atoms with van der Waals surface area (Å²) < 4.78 is 26.2. The van der Waals surface area contributed by atoms with Crippen molar-refractivity contribution in [2.24, 2.45) is 0 Å². The van der Waals surface area contributed by atoms with Crippen LogP contribution in [-0.4, -0.2) is 45.9 Å². The largest absolute Gasteiger partial charge is 0.320 e. The number of rotatable bonds is 4. The quantitative estimate of drug-likeness (QED) is 0.548. The second-order valence-electron chi connectivity index (χ2n) is 2.76. The van der Waals surface area contributed by atoms with Crippen LogP contribution in [0.3, 0.4) is 0 Å². The minimum Gasteiger partial charge on any atom is -0.320 e. The zero-order valence-electron chi connectivity index (χ0n) is 7.21. The highest BCUT2D eigenvalue weighted by atomic mass is 32.2. The molecule has 0 unspecified atom stereocenters. The average Bonchev–Trinajstić information content (AvgIpc) is 2.32. The van der Waals surface area contributed by atoms with E-state index in [1.54, 1.807) is 0 Å². The van der Waals surface area contributed by atoms with Crippen molar-refractivity contribution in [3.8, 4) is 0 Å². The molecule has 2 N–H and O–H groups in total. The molecule has 0 aromatic carbocycles. The van der Waals surface area contributed by atoms with E-state index in [1.807, 2.05) is 7.05 Å². The predicted octanol–water partition coefficient (Wildman–Crippen LogP) is -1.25. The van der Waals surface area contributed by atoms with Gasteiger partial charge in [-0.2, -0.15) is 12.7 Å². The molecule has 1 saturated heterocycles. The molecule has 5 nitrogen and oxygen atoms in total. The fraction of sp³-hybridized carbons (Fsp3) is 1.00. The van der Waals surface area contributed by atoms with Gasteiger partial charge in [0.15, 0.2) is 0 Å². The molecule has 0 amide bonds. The van der Waals surface area contributed by atoms with E-state index in [2.05, 4.69) is 10.0 Å². The van der Waals surface area contributed by atoms with Gasteiger partial charge in [-0.05, 0) is 20.0 Å². The molecule has 1 heterocycles. The zero-order valence-corrected chi connectivity index (χ0v) is 8.02. The van der Waals surface area contributed by atoms with E-state index in [-0.39, 0.29) is 0 Å². The number of hydrogen-bond donors (Lipinski definition) is 2. The van der Waals surface area contributed by atoms with Crippen LogP contribution < -0.4 is 10.0 Å². The highest BCUT2D eigenvalue weighted by Crippen LogP contribution is 2.03. The minimum atomic E-state index is -3.11. The summed E-state index contributed by atoms with van der Waals surface area (Å²) in [5.41, 5.74) is 0. The van der Waals surface area contributed by atoms with Crippen LogP contribution in [0.5, 0.6) is 0 Å². The Morgan fingerprint density at radius 2 is 2.33 bits per heavy atom. The van der Waals surface area contributed by atoms with Gasteiger partial charge in [0.25, 0.3) is 10.2 Å². The average molecular weight is 193 g/mol. The lowest BCUT2D eigenvalue weighted by atomic mass is 10.4. The Balaban J connectivity index is 2.32. The molecule has 0 atom stereocenters. The lowest BCUT2D eigenvalue weighted by molar-refractivity contribution is 0.438. The highest BCUT2D eigenvalue weighted by molar-refractivity contribution is 7.87. The summed E-state index contributed by atoms with van der Waals surface area (Å²) in [7, 11) is -1.25. The van der Waals surface area contributed by atoms with Gasteiger partial charge in [0.05, 0.1) is 0 Å². The van der Waals surface area contributed by atoms with E-state index in [1.165, 1.54) is 4.31 Å². The SMILES string of the molecule is CNCCCN1CCNS1(=O)=O. The van der Waals surface area contributed by atoms with Gasteiger partial charge in [0.2, 0.25) is 0 Å². The fourth-order valence-electron chi connectivity index (χ4n) is 1.17. The maximum Gasteiger partial charge on any atom is 0.279 e. The second kappa shape index (κ2) is 4.18. The summed E-state index contributed by atoms with van der Waals surface area (Å²) in [6, 6.07) is 0. The molecule has 1 fully saturated rings. The van der Waals surface area contributed by atoms with E-state index in [0.29, 0.717) is 19.6 Å². The first-order chi connectivity index (χ1) is 5.67. The standard InChI is InChI=1S/C6H15N3O2S/c1-7-3-2-5-9-6-4-8-12(9,10)11/h7-8H,2-6H2,1H3. The summed E-state index contributed by atoms with van der Waals surface area (Å²) in [6.07, 6.45) is 0.859. The van der Waals surface area contributed by atoms with Gasteiger partial charge >= 0.3 is 0 Å². The first kappa shape index (κ1) is 9.91. The molecule has 72 valence electrons. The number of nitrogens with one attached hydrogen (secondary N) is 2. The molecule has 12 heavy (non-hydrogen) atoms. The van der Waals surface area contributed by atoms with Crippen molar-refractivity contribution in [2.45, 2.75) is 6.42 Å². The van der Waals surface area contributed by atoms with Crippen molar-refractivity contribution in [1.29, 1.82) is 0 Å². The third-order valence-electron chi connectivity index (χ3n) is 1.82. The Kier molecular flexibility index (Phi) is 3.45. The van der Waals surface area contributed by atoms with Gasteiger partial charge in [-0.25, -0.2) is 4.72 Å². The van der Waals surface area contributed by atoms with Gasteiger partial charge in [0.1, 0.15) is 0 Å². The van der Waals surface area contributed by atoms with Gasteiger partial charge in [-0.1, -0.05) is 0 Å². The zero-order chi connectivity index (χ0) is 9.03. The maximum atomic E-state index is 11.2. The van der Waals surface area contributed by atoms with Crippen molar-refractivity contribution >= 4 is 10.2 Å². The molecular weight excluding hydrogens is 178 g/mol. The van der Waals surface area contributed by atoms with Crippen molar-refractivity contribution in [1.82, 2.24) is 14.3 Å². The Morgan fingerprint density at radius 1 is 1.58 bits per heavy atom. The van der Waals surface area contributed by atoms with E-state index >= 15 is 0 Å². The van der Waals surface area contributed by atoms with Crippen LogP contribution in [0.1, 0.15) is 6.42 Å². The van der Waals surface area contributed by atoms with Crippen molar-refractivity contribution in [3.05, 3.63) is 0 Å². The molecule has 0 aromatic rings. The van der Waals surface area contributed by atoms with Crippen molar-refractivity contribution in [3.63, 3.8) is 0 Å². The third-order valence-corrected chi connectivity index (χ3v) is 3.43. The Morgan fingerprint density at radius 3 is 2.83 bits per heavy atom. The van der Waals surface area contributed by atoms with Crippen LogP contribution in [0.2, 0.25) is 0 Å². The predicted molar refractivity (Wildman–Crippen MR) is 47.0 cm³/mol. The molecule has 0 aliphatic carbocycles. The topological polar surface area (TPSA) is 61.4 Å². The van der Waals surface area contributed by atoms with Gasteiger partial charge < -0.3 is 5.32 Å². The summed E-state index contributed by atoms with van der Waals surface area (Å²) in [4.78, 5) is 0. The normalized spacial score (nSPS) is 23.1. The molecule has 1 aliphatic rings. The molecule has 0 radical (unpaired) electrons. The number of hydrogen-bond acceptors (Lipinski definition) is 3. The summed E-state index contributed by atoms with van der Waals surface area (Å²) in [5.74, 6) is 0. The highest BCUT2D eigenvalue weighted by Gasteiger charge is 2.26. The molecule has 1 aliphatic heterocycles. The lowest BCUT2D eigenvalue weighted by Crippen LogP contribution is -2.31.